The zero-order valence-electron chi connectivity index (χ0n) is 11.1. The third-order valence-electron chi connectivity index (χ3n) is 3.20. The number of amides is 1. The van der Waals surface area contributed by atoms with Crippen molar-refractivity contribution in [3.8, 4) is 0 Å². The van der Waals surface area contributed by atoms with Crippen LogP contribution >= 0.6 is 0 Å². The van der Waals surface area contributed by atoms with Crippen molar-refractivity contribution in [2.75, 3.05) is 18.5 Å². The van der Waals surface area contributed by atoms with Crippen LogP contribution in [0.5, 0.6) is 0 Å². The molecular formula is C14H18N2O3. The SMILES string of the molecule is Cc1cc(N(C)CC(=O)NC2CC2)ccc1C(=O)O. The lowest BCUT2D eigenvalue weighted by molar-refractivity contribution is -0.119. The van der Waals surface area contributed by atoms with Gasteiger partial charge in [-0.25, -0.2) is 4.79 Å². The number of benzene rings is 1. The van der Waals surface area contributed by atoms with Gasteiger partial charge >= 0.3 is 5.97 Å². The molecule has 19 heavy (non-hydrogen) atoms. The van der Waals surface area contributed by atoms with E-state index >= 15 is 0 Å². The molecule has 5 nitrogen and oxygen atoms in total. The Morgan fingerprint density at radius 2 is 2.11 bits per heavy atom. The predicted molar refractivity (Wildman–Crippen MR) is 72.6 cm³/mol. The first-order chi connectivity index (χ1) is 8.97. The Morgan fingerprint density at radius 3 is 2.63 bits per heavy atom. The van der Waals surface area contributed by atoms with Crippen molar-refractivity contribution >= 4 is 17.6 Å². The summed E-state index contributed by atoms with van der Waals surface area (Å²) in [7, 11) is 1.82. The van der Waals surface area contributed by atoms with Gasteiger partial charge in [-0.2, -0.15) is 0 Å². The summed E-state index contributed by atoms with van der Waals surface area (Å²) in [6, 6.07) is 5.44. The van der Waals surface area contributed by atoms with Gasteiger partial charge in [-0.3, -0.25) is 4.79 Å². The van der Waals surface area contributed by atoms with Crippen molar-refractivity contribution in [2.45, 2.75) is 25.8 Å². The molecule has 0 unspecified atom stereocenters. The first-order valence-electron chi connectivity index (χ1n) is 6.32. The first kappa shape index (κ1) is 13.4. The minimum atomic E-state index is -0.932. The molecular weight excluding hydrogens is 244 g/mol. The second-order valence-corrected chi connectivity index (χ2v) is 5.00. The molecule has 2 rings (SSSR count). The normalized spacial score (nSPS) is 14.0. The highest BCUT2D eigenvalue weighted by atomic mass is 16.4. The Balaban J connectivity index is 2.01. The summed E-state index contributed by atoms with van der Waals surface area (Å²) in [5.74, 6) is -0.928. The van der Waals surface area contributed by atoms with E-state index in [1.54, 1.807) is 25.1 Å². The summed E-state index contributed by atoms with van der Waals surface area (Å²) >= 11 is 0. The van der Waals surface area contributed by atoms with Gasteiger partial charge in [-0.15, -0.1) is 0 Å². The van der Waals surface area contributed by atoms with E-state index in [9.17, 15) is 9.59 Å². The topological polar surface area (TPSA) is 69.6 Å². The van der Waals surface area contributed by atoms with E-state index in [0.29, 0.717) is 17.2 Å². The van der Waals surface area contributed by atoms with E-state index in [1.165, 1.54) is 0 Å². The lowest BCUT2D eigenvalue weighted by Crippen LogP contribution is -2.36. The highest BCUT2D eigenvalue weighted by Crippen LogP contribution is 2.20. The van der Waals surface area contributed by atoms with E-state index < -0.39 is 5.97 Å². The van der Waals surface area contributed by atoms with Gasteiger partial charge in [-0.05, 0) is 43.5 Å². The van der Waals surface area contributed by atoms with Crippen molar-refractivity contribution in [3.63, 3.8) is 0 Å². The van der Waals surface area contributed by atoms with Crippen molar-refractivity contribution in [1.82, 2.24) is 5.32 Å². The minimum absolute atomic E-state index is 0.00460. The summed E-state index contributed by atoms with van der Waals surface area (Å²) in [5.41, 5.74) is 1.83. The second-order valence-electron chi connectivity index (χ2n) is 5.00. The number of aromatic carboxylic acids is 1. The largest absolute Gasteiger partial charge is 0.478 e. The Kier molecular flexibility index (Phi) is 3.74. The predicted octanol–water partition coefficient (Wildman–Crippen LogP) is 1.41. The molecule has 0 bridgehead atoms. The van der Waals surface area contributed by atoms with Crippen LogP contribution < -0.4 is 10.2 Å². The van der Waals surface area contributed by atoms with Crippen LogP contribution in [-0.2, 0) is 4.79 Å². The maximum atomic E-state index is 11.7. The van der Waals surface area contributed by atoms with Crippen LogP contribution in [-0.4, -0.2) is 36.6 Å². The quantitative estimate of drug-likeness (QED) is 0.841. The molecule has 2 N–H and O–H groups in total. The van der Waals surface area contributed by atoms with E-state index in [-0.39, 0.29) is 12.5 Å². The van der Waals surface area contributed by atoms with Gasteiger partial charge in [0.05, 0.1) is 12.1 Å². The molecule has 1 fully saturated rings. The van der Waals surface area contributed by atoms with Crippen LogP contribution in [0.1, 0.15) is 28.8 Å². The Bertz CT molecular complexity index is 509. The van der Waals surface area contributed by atoms with Crippen LogP contribution in [0.25, 0.3) is 0 Å². The molecule has 0 aromatic heterocycles. The molecule has 1 amide bonds. The number of carboxylic acid groups (broad SMARTS) is 1. The average molecular weight is 262 g/mol. The smallest absolute Gasteiger partial charge is 0.335 e. The Labute approximate surface area is 112 Å². The number of carbonyl (C=O) groups is 2. The molecule has 1 saturated carbocycles. The molecule has 1 aromatic carbocycles. The summed E-state index contributed by atoms with van der Waals surface area (Å²) in [6.07, 6.45) is 2.14. The lowest BCUT2D eigenvalue weighted by Gasteiger charge is -2.19. The first-order valence-corrected chi connectivity index (χ1v) is 6.32. The molecule has 1 aliphatic carbocycles. The van der Waals surface area contributed by atoms with Gasteiger partial charge in [0, 0.05) is 18.8 Å². The van der Waals surface area contributed by atoms with Crippen molar-refractivity contribution < 1.29 is 14.7 Å². The highest BCUT2D eigenvalue weighted by molar-refractivity contribution is 5.90. The van der Waals surface area contributed by atoms with Crippen LogP contribution in [0, 0.1) is 6.92 Å². The highest BCUT2D eigenvalue weighted by Gasteiger charge is 2.23. The molecule has 0 radical (unpaired) electrons. The Hall–Kier alpha value is -2.04. The molecule has 0 aliphatic heterocycles. The molecule has 5 heteroatoms. The van der Waals surface area contributed by atoms with Gasteiger partial charge in [-0.1, -0.05) is 0 Å². The third-order valence-corrected chi connectivity index (χ3v) is 3.20. The summed E-state index contributed by atoms with van der Waals surface area (Å²) in [6.45, 7) is 2.04. The molecule has 0 atom stereocenters. The number of carbonyl (C=O) groups excluding carboxylic acids is 1. The van der Waals surface area contributed by atoms with Crippen LogP contribution in [0.15, 0.2) is 18.2 Å². The van der Waals surface area contributed by atoms with Crippen molar-refractivity contribution in [2.24, 2.45) is 0 Å². The fourth-order valence-corrected chi connectivity index (χ4v) is 1.93. The number of nitrogens with zero attached hydrogens (tertiary/aromatic N) is 1. The number of nitrogens with one attached hydrogen (secondary N) is 1. The maximum Gasteiger partial charge on any atom is 0.335 e. The number of anilines is 1. The van der Waals surface area contributed by atoms with Gasteiger partial charge in [0.25, 0.3) is 0 Å². The van der Waals surface area contributed by atoms with Crippen molar-refractivity contribution in [1.29, 1.82) is 0 Å². The maximum absolute atomic E-state index is 11.7. The monoisotopic (exact) mass is 262 g/mol. The van der Waals surface area contributed by atoms with E-state index in [4.69, 9.17) is 5.11 Å². The molecule has 1 aromatic rings. The molecule has 102 valence electrons. The minimum Gasteiger partial charge on any atom is -0.478 e. The molecule has 0 saturated heterocycles. The van der Waals surface area contributed by atoms with Crippen LogP contribution in [0.3, 0.4) is 0 Å². The van der Waals surface area contributed by atoms with E-state index in [0.717, 1.165) is 18.5 Å². The summed E-state index contributed by atoms with van der Waals surface area (Å²) in [5, 5.41) is 11.9. The Morgan fingerprint density at radius 1 is 1.42 bits per heavy atom. The van der Waals surface area contributed by atoms with E-state index in [2.05, 4.69) is 5.32 Å². The average Bonchev–Trinajstić information content (AvgIpc) is 3.11. The third kappa shape index (κ3) is 3.47. The standard InChI is InChI=1S/C14H18N2O3/c1-9-7-11(5-6-12(9)14(18)19)16(2)8-13(17)15-10-3-4-10/h5-7,10H,3-4,8H2,1-2H3,(H,15,17)(H,18,19). The van der Waals surface area contributed by atoms with Gasteiger partial charge < -0.3 is 15.3 Å². The zero-order valence-corrected chi connectivity index (χ0v) is 11.1. The second kappa shape index (κ2) is 5.30. The molecule has 0 spiro atoms. The van der Waals surface area contributed by atoms with Gasteiger partial charge in [0.15, 0.2) is 0 Å². The number of aryl methyl sites for hydroxylation is 1. The van der Waals surface area contributed by atoms with Gasteiger partial charge in [0.1, 0.15) is 0 Å². The van der Waals surface area contributed by atoms with Crippen molar-refractivity contribution in [3.05, 3.63) is 29.3 Å². The number of hydrogen-bond acceptors (Lipinski definition) is 3. The van der Waals surface area contributed by atoms with Gasteiger partial charge in [0.2, 0.25) is 5.91 Å². The van der Waals surface area contributed by atoms with Crippen LogP contribution in [0.4, 0.5) is 5.69 Å². The molecule has 1 aliphatic rings. The van der Waals surface area contributed by atoms with Crippen LogP contribution in [0.2, 0.25) is 0 Å². The number of hydrogen-bond donors (Lipinski definition) is 2. The lowest BCUT2D eigenvalue weighted by atomic mass is 10.1. The molecule has 0 heterocycles. The summed E-state index contributed by atoms with van der Waals surface area (Å²) in [4.78, 5) is 24.4. The number of likely N-dealkylation sites (N-methyl/N-ethyl adjacent to an activating group) is 1. The fraction of sp³-hybridized carbons (Fsp3) is 0.429. The zero-order chi connectivity index (χ0) is 14.0. The summed E-state index contributed by atoms with van der Waals surface area (Å²) < 4.78 is 0. The fourth-order valence-electron chi connectivity index (χ4n) is 1.93. The van der Waals surface area contributed by atoms with E-state index in [1.807, 2.05) is 11.9 Å². The number of rotatable bonds is 5. The number of carboxylic acids is 1.